The molecule has 2 aromatic rings. The summed E-state index contributed by atoms with van der Waals surface area (Å²) in [5.74, 6) is -2.72. The highest BCUT2D eigenvalue weighted by atomic mass is 35.5. The summed E-state index contributed by atoms with van der Waals surface area (Å²) in [6, 6.07) is 5.21. The van der Waals surface area contributed by atoms with Crippen LogP contribution in [0.2, 0.25) is 10.0 Å². The molecule has 0 bridgehead atoms. The van der Waals surface area contributed by atoms with Gasteiger partial charge in [0.1, 0.15) is 11.6 Å². The van der Waals surface area contributed by atoms with Crippen molar-refractivity contribution in [2.75, 3.05) is 5.32 Å². The van der Waals surface area contributed by atoms with Crippen LogP contribution in [0.5, 0.6) is 5.75 Å². The Bertz CT molecular complexity index is 669. The molecular weight excluding hydrogens is 311 g/mol. The van der Waals surface area contributed by atoms with Crippen molar-refractivity contribution in [3.8, 4) is 5.75 Å². The molecule has 20 heavy (non-hydrogen) atoms. The van der Waals surface area contributed by atoms with Crippen molar-refractivity contribution >= 4 is 34.8 Å². The first-order chi connectivity index (χ1) is 9.38. The predicted octanol–water partition coefficient (Wildman–Crippen LogP) is 4.23. The third-order valence-corrected chi connectivity index (χ3v) is 3.06. The second-order valence-electron chi connectivity index (χ2n) is 3.86. The zero-order valence-corrected chi connectivity index (χ0v) is 11.3. The number of carbonyl (C=O) groups excluding carboxylic acids is 1. The van der Waals surface area contributed by atoms with Crippen molar-refractivity contribution in [3.63, 3.8) is 0 Å². The molecule has 0 aromatic heterocycles. The Kier molecular flexibility index (Phi) is 4.11. The first-order valence-electron chi connectivity index (χ1n) is 5.33. The highest BCUT2D eigenvalue weighted by Gasteiger charge is 2.15. The summed E-state index contributed by atoms with van der Waals surface area (Å²) in [6.45, 7) is 0. The third-order valence-electron chi connectivity index (χ3n) is 2.46. The number of amides is 1. The van der Waals surface area contributed by atoms with Gasteiger partial charge in [-0.3, -0.25) is 4.79 Å². The van der Waals surface area contributed by atoms with Crippen LogP contribution in [0.25, 0.3) is 0 Å². The predicted molar refractivity (Wildman–Crippen MR) is 72.4 cm³/mol. The van der Waals surface area contributed by atoms with Crippen molar-refractivity contribution in [2.24, 2.45) is 0 Å². The molecule has 0 heterocycles. The van der Waals surface area contributed by atoms with Crippen molar-refractivity contribution in [3.05, 3.63) is 57.6 Å². The van der Waals surface area contributed by atoms with Crippen molar-refractivity contribution in [2.45, 2.75) is 0 Å². The lowest BCUT2D eigenvalue weighted by Gasteiger charge is -2.09. The summed E-state index contributed by atoms with van der Waals surface area (Å²) < 4.78 is 26.4. The topological polar surface area (TPSA) is 49.3 Å². The molecule has 0 saturated carbocycles. The van der Waals surface area contributed by atoms with Gasteiger partial charge in [-0.25, -0.2) is 8.78 Å². The Balaban J connectivity index is 2.30. The van der Waals surface area contributed by atoms with E-state index in [1.165, 1.54) is 18.2 Å². The fourth-order valence-corrected chi connectivity index (χ4v) is 1.92. The molecular formula is C13H7Cl2F2NO2. The lowest BCUT2D eigenvalue weighted by atomic mass is 10.2. The molecule has 0 aliphatic heterocycles. The maximum atomic E-state index is 13.5. The number of carbonyl (C=O) groups is 1. The molecule has 2 rings (SSSR count). The lowest BCUT2D eigenvalue weighted by molar-refractivity contribution is 0.102. The Morgan fingerprint density at radius 1 is 1.10 bits per heavy atom. The van der Waals surface area contributed by atoms with E-state index in [1.807, 2.05) is 0 Å². The molecule has 0 fully saturated rings. The minimum atomic E-state index is -0.992. The number of nitrogens with one attached hydrogen (secondary N) is 1. The van der Waals surface area contributed by atoms with Crippen molar-refractivity contribution in [1.82, 2.24) is 0 Å². The van der Waals surface area contributed by atoms with Gasteiger partial charge in [0, 0.05) is 11.6 Å². The zero-order chi connectivity index (χ0) is 14.9. The first kappa shape index (κ1) is 14.6. The Hall–Kier alpha value is -1.85. The van der Waals surface area contributed by atoms with Crippen LogP contribution in [0, 0.1) is 11.6 Å². The van der Waals surface area contributed by atoms with Gasteiger partial charge in [0.2, 0.25) is 0 Å². The fraction of sp³-hybridized carbons (Fsp3) is 0. The van der Waals surface area contributed by atoms with Gasteiger partial charge in [-0.2, -0.15) is 0 Å². The van der Waals surface area contributed by atoms with Gasteiger partial charge < -0.3 is 10.4 Å². The normalized spacial score (nSPS) is 10.4. The number of phenols is 1. The van der Waals surface area contributed by atoms with Gasteiger partial charge in [-0.1, -0.05) is 23.2 Å². The van der Waals surface area contributed by atoms with Crippen LogP contribution in [-0.2, 0) is 0 Å². The number of anilines is 1. The van der Waals surface area contributed by atoms with E-state index in [2.05, 4.69) is 5.32 Å². The molecule has 104 valence electrons. The van der Waals surface area contributed by atoms with Gasteiger partial charge in [-0.15, -0.1) is 0 Å². The standard InChI is InChI=1S/C13H7Cl2F2NO2/c14-8-3-6(1-2-11(8)19)13(20)18-12-9(15)4-7(16)5-10(12)17/h1-5,19H,(H,18,20). The quantitative estimate of drug-likeness (QED) is 0.870. The molecule has 0 spiro atoms. The maximum Gasteiger partial charge on any atom is 0.255 e. The summed E-state index contributed by atoms with van der Waals surface area (Å²) in [5.41, 5.74) is -0.241. The fourth-order valence-electron chi connectivity index (χ4n) is 1.50. The summed E-state index contributed by atoms with van der Waals surface area (Å²) >= 11 is 11.3. The molecule has 0 radical (unpaired) electrons. The Morgan fingerprint density at radius 2 is 1.80 bits per heavy atom. The molecule has 0 unspecified atom stereocenters. The van der Waals surface area contributed by atoms with E-state index in [0.29, 0.717) is 6.07 Å². The number of aromatic hydroxyl groups is 1. The summed E-state index contributed by atoms with van der Waals surface area (Å²) in [7, 11) is 0. The highest BCUT2D eigenvalue weighted by Crippen LogP contribution is 2.28. The maximum absolute atomic E-state index is 13.5. The molecule has 0 saturated heterocycles. The number of hydrogen-bond donors (Lipinski definition) is 2. The van der Waals surface area contributed by atoms with Crippen LogP contribution < -0.4 is 5.32 Å². The monoisotopic (exact) mass is 317 g/mol. The SMILES string of the molecule is O=C(Nc1c(F)cc(F)cc1Cl)c1ccc(O)c(Cl)c1. The molecule has 0 atom stereocenters. The van der Waals surface area contributed by atoms with E-state index >= 15 is 0 Å². The zero-order valence-electron chi connectivity index (χ0n) is 9.75. The van der Waals surface area contributed by atoms with E-state index in [1.54, 1.807) is 0 Å². The molecule has 0 aliphatic carbocycles. The molecule has 2 aromatic carbocycles. The van der Waals surface area contributed by atoms with Crippen LogP contribution >= 0.6 is 23.2 Å². The summed E-state index contributed by atoms with van der Waals surface area (Å²) in [4.78, 5) is 11.9. The Morgan fingerprint density at radius 3 is 2.40 bits per heavy atom. The van der Waals surface area contributed by atoms with Gasteiger partial charge in [0.15, 0.2) is 5.82 Å². The number of hydrogen-bond acceptors (Lipinski definition) is 2. The van der Waals surface area contributed by atoms with Crippen molar-refractivity contribution in [1.29, 1.82) is 0 Å². The first-order valence-corrected chi connectivity index (χ1v) is 6.08. The molecule has 2 N–H and O–H groups in total. The summed E-state index contributed by atoms with van der Waals surface area (Å²) in [6.07, 6.45) is 0. The van der Waals surface area contributed by atoms with E-state index in [9.17, 15) is 18.7 Å². The van der Waals surface area contributed by atoms with E-state index in [0.717, 1.165) is 6.07 Å². The van der Waals surface area contributed by atoms with Crippen LogP contribution in [0.3, 0.4) is 0 Å². The molecule has 7 heteroatoms. The minimum absolute atomic E-state index is 0.0247. The number of benzene rings is 2. The molecule has 1 amide bonds. The summed E-state index contributed by atoms with van der Waals surface area (Å²) in [5, 5.41) is 11.2. The van der Waals surface area contributed by atoms with Crippen LogP contribution in [0.15, 0.2) is 30.3 Å². The minimum Gasteiger partial charge on any atom is -0.506 e. The largest absolute Gasteiger partial charge is 0.506 e. The van der Waals surface area contributed by atoms with Crippen LogP contribution in [-0.4, -0.2) is 11.0 Å². The van der Waals surface area contributed by atoms with Crippen LogP contribution in [0.1, 0.15) is 10.4 Å². The lowest BCUT2D eigenvalue weighted by Crippen LogP contribution is -2.13. The smallest absolute Gasteiger partial charge is 0.255 e. The van der Waals surface area contributed by atoms with Crippen molar-refractivity contribution < 1.29 is 18.7 Å². The third kappa shape index (κ3) is 3.00. The molecule has 3 nitrogen and oxygen atoms in total. The number of phenolic OH excluding ortho intramolecular Hbond substituents is 1. The highest BCUT2D eigenvalue weighted by molar-refractivity contribution is 6.34. The van der Waals surface area contributed by atoms with Gasteiger partial charge in [0.05, 0.1) is 15.7 Å². The van der Waals surface area contributed by atoms with E-state index < -0.39 is 17.5 Å². The Labute approximate surface area is 122 Å². The van der Waals surface area contributed by atoms with Gasteiger partial charge in [0.25, 0.3) is 5.91 Å². The number of halogens is 4. The van der Waals surface area contributed by atoms with E-state index in [-0.39, 0.29) is 27.0 Å². The van der Waals surface area contributed by atoms with Gasteiger partial charge in [-0.05, 0) is 24.3 Å². The molecule has 0 aliphatic rings. The van der Waals surface area contributed by atoms with Gasteiger partial charge >= 0.3 is 0 Å². The number of rotatable bonds is 2. The second kappa shape index (κ2) is 5.64. The van der Waals surface area contributed by atoms with Crippen LogP contribution in [0.4, 0.5) is 14.5 Å². The van der Waals surface area contributed by atoms with E-state index in [4.69, 9.17) is 23.2 Å². The average Bonchev–Trinajstić information content (AvgIpc) is 2.36. The average molecular weight is 318 g/mol. The second-order valence-corrected chi connectivity index (χ2v) is 4.68.